The first kappa shape index (κ1) is 46.8. The first-order chi connectivity index (χ1) is 32.8. The van der Waals surface area contributed by atoms with Gasteiger partial charge in [-0.3, -0.25) is 24.2 Å². The molecule has 1 amide bonds. The number of ketones is 2. The maximum absolute atomic E-state index is 15.9. The van der Waals surface area contributed by atoms with Gasteiger partial charge in [0.25, 0.3) is 0 Å². The third-order valence-corrected chi connectivity index (χ3v) is 16.1. The third-order valence-electron chi connectivity index (χ3n) is 16.1. The van der Waals surface area contributed by atoms with Gasteiger partial charge in [-0.05, 0) is 100 Å². The van der Waals surface area contributed by atoms with Crippen LogP contribution >= 0.6 is 0 Å². The molecular weight excluding hydrogens is 875 g/mol. The number of methoxy groups -OCH3 is 1. The maximum Gasteiger partial charge on any atom is 0.333 e. The highest BCUT2D eigenvalue weighted by Gasteiger charge is 2.84. The van der Waals surface area contributed by atoms with Gasteiger partial charge in [0.2, 0.25) is 5.91 Å². The van der Waals surface area contributed by atoms with Crippen molar-refractivity contribution in [3.05, 3.63) is 98.7 Å². The number of benzene rings is 2. The molecule has 5 aliphatic heterocycles. The van der Waals surface area contributed by atoms with Crippen molar-refractivity contribution < 1.29 is 47.7 Å². The fraction of sp³-hybridized carbons (Fsp3) is 0.500. The van der Waals surface area contributed by atoms with Crippen molar-refractivity contribution >= 4 is 46.9 Å². The number of carbonyl (C=O) groups excluding carboxylic acids is 5. The number of carbonyl (C=O) groups is 5. The second-order valence-electron chi connectivity index (χ2n) is 21.5. The van der Waals surface area contributed by atoms with E-state index >= 15 is 4.79 Å². The van der Waals surface area contributed by atoms with Crippen LogP contribution in [0.3, 0.4) is 0 Å². The van der Waals surface area contributed by atoms with Crippen molar-refractivity contribution in [1.82, 2.24) is 9.80 Å². The molecule has 5 heterocycles. The van der Waals surface area contributed by atoms with E-state index in [0.29, 0.717) is 107 Å². The molecule has 1 spiro atoms. The van der Waals surface area contributed by atoms with Crippen LogP contribution in [0.2, 0.25) is 0 Å². The van der Waals surface area contributed by atoms with Crippen molar-refractivity contribution in [2.45, 2.75) is 116 Å². The van der Waals surface area contributed by atoms with E-state index in [1.54, 1.807) is 17.9 Å². The number of piperazine rings is 1. The van der Waals surface area contributed by atoms with Gasteiger partial charge in [-0.1, -0.05) is 53.6 Å². The Labute approximate surface area is 404 Å². The van der Waals surface area contributed by atoms with E-state index in [1.165, 1.54) is 12.7 Å². The Morgan fingerprint density at radius 2 is 1.62 bits per heavy atom. The minimum Gasteiger partial charge on any atom is -0.482 e. The van der Waals surface area contributed by atoms with Crippen LogP contribution in [-0.4, -0.2) is 108 Å². The summed E-state index contributed by atoms with van der Waals surface area (Å²) in [7, 11) is 3.32. The predicted octanol–water partition coefficient (Wildman–Crippen LogP) is 8.23. The normalized spacial score (nSPS) is 29.7. The lowest BCUT2D eigenvalue weighted by atomic mass is 9.43. The summed E-state index contributed by atoms with van der Waals surface area (Å²) in [4.78, 5) is 81.5. The third kappa shape index (κ3) is 7.07. The fourth-order valence-corrected chi connectivity index (χ4v) is 12.7. The van der Waals surface area contributed by atoms with Crippen molar-refractivity contribution in [3.63, 3.8) is 0 Å². The number of nitrogens with zero attached hydrogens (tertiary/aromatic N) is 3. The zero-order chi connectivity index (χ0) is 49.1. The Hall–Kier alpha value is -5.92. The van der Waals surface area contributed by atoms with Gasteiger partial charge in [-0.2, -0.15) is 0 Å². The number of allylic oxidation sites excluding steroid dienone is 4. The van der Waals surface area contributed by atoms with Crippen LogP contribution in [0.4, 0.5) is 0 Å². The number of hydrogen-bond acceptors (Lipinski definition) is 12. The average molecular weight is 938 g/mol. The molecule has 13 nitrogen and oxygen atoms in total. The topological polar surface area (TPSA) is 150 Å². The van der Waals surface area contributed by atoms with Gasteiger partial charge in [0.05, 0.1) is 41.2 Å². The van der Waals surface area contributed by atoms with Gasteiger partial charge in [0.15, 0.2) is 28.5 Å². The Kier molecular flexibility index (Phi) is 11.3. The first-order valence-corrected chi connectivity index (χ1v) is 24.5. The van der Waals surface area contributed by atoms with Crippen LogP contribution in [0.15, 0.2) is 75.9 Å². The second kappa shape index (κ2) is 16.6. The number of fused-ring (bicyclic) bond motifs is 6. The molecule has 7 atom stereocenters. The van der Waals surface area contributed by atoms with Gasteiger partial charge in [-0.25, -0.2) is 4.79 Å². The molecule has 0 N–H and O–H groups in total. The molecule has 69 heavy (non-hydrogen) atoms. The number of likely N-dealkylation sites (N-methyl/N-ethyl adjacent to an activating group) is 1. The summed E-state index contributed by atoms with van der Waals surface area (Å²) in [6.45, 7) is 18.2. The molecule has 2 aromatic rings. The highest BCUT2D eigenvalue weighted by atomic mass is 16.6. The van der Waals surface area contributed by atoms with E-state index in [2.05, 4.69) is 30.9 Å². The highest BCUT2D eigenvalue weighted by Crippen LogP contribution is 2.74. The van der Waals surface area contributed by atoms with Gasteiger partial charge in [-0.15, -0.1) is 0 Å². The van der Waals surface area contributed by atoms with E-state index in [1.807, 2.05) is 78.1 Å². The molecule has 0 radical (unpaired) electrons. The summed E-state index contributed by atoms with van der Waals surface area (Å²) < 4.78 is 34.1. The molecule has 4 aliphatic carbocycles. The van der Waals surface area contributed by atoms with E-state index in [4.69, 9.17) is 28.7 Å². The minimum absolute atomic E-state index is 0.0242. The van der Waals surface area contributed by atoms with Gasteiger partial charge < -0.3 is 33.5 Å². The van der Waals surface area contributed by atoms with Crippen LogP contribution < -0.4 is 14.2 Å². The number of amides is 1. The van der Waals surface area contributed by atoms with Crippen LogP contribution in [0.25, 0.3) is 11.8 Å². The monoisotopic (exact) mass is 937 g/mol. The molecule has 5 fully saturated rings. The SMILES string of the molecule is COC(=O)C(C)=CCC12OC(C)(C)C3CC(C1=O)C1C4=C(N=C5c6ccccc6C(=O)C51)c1c(OC(=O)CC(=O)N5CCN(C)CC5)c5c(c(CC=C(C)C)c1OC432)OC(C)(CCC=C(C)C)C=C5. The van der Waals surface area contributed by atoms with Crippen LogP contribution in [0.1, 0.15) is 120 Å². The summed E-state index contributed by atoms with van der Waals surface area (Å²) in [5.41, 5.74) is 2.04. The standard InChI is InChI=1S/C56H63N3O10/c1-30(2)14-13-21-54(8)22-20-36-48(67-54)35(18-17-31(3)4)50-43(49(36)66-40(61)29-39(60)59-26-24-58(9)25-27-59)46-44-41(42-45(57-46)33-15-11-12-16-34(33)47(42)62)37-28-38-53(6,7)69-55(51(37)63,56(38,44)68-50)23-19-32(5)52(64)65-10/h11-12,14-17,19-20,22,37-38,41-42H,13,18,21,23-29H2,1-10H3. The molecule has 2 aromatic carbocycles. The van der Waals surface area contributed by atoms with Crippen molar-refractivity contribution in [1.29, 1.82) is 0 Å². The number of aliphatic imine (C=N–C) groups is 1. The Morgan fingerprint density at radius 3 is 2.32 bits per heavy atom. The number of ether oxygens (including phenoxy) is 5. The molecular formula is C56H63N3O10. The van der Waals surface area contributed by atoms with E-state index < -0.39 is 64.4 Å². The van der Waals surface area contributed by atoms with Crippen LogP contribution in [-0.2, 0) is 35.1 Å². The van der Waals surface area contributed by atoms with E-state index in [9.17, 15) is 19.2 Å². The summed E-state index contributed by atoms with van der Waals surface area (Å²) in [6, 6.07) is 7.44. The summed E-state index contributed by atoms with van der Waals surface area (Å²) >= 11 is 0. The Morgan fingerprint density at radius 1 is 0.913 bits per heavy atom. The maximum atomic E-state index is 15.9. The molecule has 9 aliphatic rings. The minimum atomic E-state index is -1.68. The molecule has 13 heteroatoms. The number of hydrogen-bond donors (Lipinski definition) is 0. The number of Topliss-reactive ketones (excluding diaryl/α,β-unsaturated/α-hetero) is 2. The molecule has 11 rings (SSSR count). The van der Waals surface area contributed by atoms with Crippen LogP contribution in [0, 0.1) is 23.7 Å². The molecule has 3 saturated carbocycles. The lowest BCUT2D eigenvalue weighted by Gasteiger charge is -2.62. The summed E-state index contributed by atoms with van der Waals surface area (Å²) in [5.74, 6) is -3.58. The lowest BCUT2D eigenvalue weighted by molar-refractivity contribution is -0.183. The first-order valence-electron chi connectivity index (χ1n) is 24.5. The van der Waals surface area contributed by atoms with Crippen molar-refractivity contribution in [2.24, 2.45) is 28.7 Å². The van der Waals surface area contributed by atoms with E-state index in [0.717, 1.165) is 12.0 Å². The molecule has 2 saturated heterocycles. The van der Waals surface area contributed by atoms with Gasteiger partial charge in [0.1, 0.15) is 23.5 Å². The molecule has 0 aromatic heterocycles. The average Bonchev–Trinajstić information content (AvgIpc) is 3.66. The summed E-state index contributed by atoms with van der Waals surface area (Å²) in [6.07, 6.45) is 11.5. The smallest absolute Gasteiger partial charge is 0.333 e. The zero-order valence-corrected chi connectivity index (χ0v) is 41.5. The largest absolute Gasteiger partial charge is 0.482 e. The van der Waals surface area contributed by atoms with Crippen molar-refractivity contribution in [3.8, 4) is 17.2 Å². The van der Waals surface area contributed by atoms with Gasteiger partial charge in [0, 0.05) is 78.2 Å². The molecule has 4 bridgehead atoms. The molecule has 362 valence electrons. The molecule has 7 unspecified atom stereocenters. The summed E-state index contributed by atoms with van der Waals surface area (Å²) in [5, 5.41) is 0. The van der Waals surface area contributed by atoms with Crippen molar-refractivity contribution in [2.75, 3.05) is 40.3 Å². The Bertz CT molecular complexity index is 2830. The fourth-order valence-electron chi connectivity index (χ4n) is 12.7. The zero-order valence-electron chi connectivity index (χ0n) is 41.5. The number of rotatable bonds is 11. The predicted molar refractivity (Wildman–Crippen MR) is 260 cm³/mol. The highest BCUT2D eigenvalue weighted by molar-refractivity contribution is 6.31. The van der Waals surface area contributed by atoms with Gasteiger partial charge >= 0.3 is 11.9 Å². The lowest BCUT2D eigenvalue weighted by Crippen LogP contribution is -2.75. The number of esters is 2. The Balaban J connectivity index is 1.27. The van der Waals surface area contributed by atoms with E-state index in [-0.39, 0.29) is 29.6 Å². The quantitative estimate of drug-likeness (QED) is 0.0705. The van der Waals surface area contributed by atoms with Crippen LogP contribution in [0.5, 0.6) is 17.2 Å². The second-order valence-corrected chi connectivity index (χ2v) is 21.5.